The van der Waals surface area contributed by atoms with Gasteiger partial charge in [0.25, 0.3) is 0 Å². The molecule has 0 saturated carbocycles. The van der Waals surface area contributed by atoms with Crippen LogP contribution in [0.25, 0.3) is 0 Å². The first-order valence-electron chi connectivity index (χ1n) is 11.1. The van der Waals surface area contributed by atoms with Crippen LogP contribution in [-0.2, 0) is 6.42 Å². The van der Waals surface area contributed by atoms with Crippen molar-refractivity contribution in [2.24, 2.45) is 0 Å². The van der Waals surface area contributed by atoms with Gasteiger partial charge in [0.1, 0.15) is 11.6 Å². The van der Waals surface area contributed by atoms with E-state index in [0.29, 0.717) is 13.0 Å². The summed E-state index contributed by atoms with van der Waals surface area (Å²) in [6, 6.07) is 15.6. The van der Waals surface area contributed by atoms with Crippen molar-refractivity contribution in [1.82, 2.24) is 19.6 Å². The molecule has 8 nitrogen and oxygen atoms in total. The number of urea groups is 1. The van der Waals surface area contributed by atoms with E-state index in [4.69, 9.17) is 9.72 Å². The number of aromatic nitrogens is 2. The number of benzene rings is 2. The minimum Gasteiger partial charge on any atom is -0.497 e. The molecule has 1 aliphatic rings. The molecule has 1 aliphatic heterocycles. The van der Waals surface area contributed by atoms with Gasteiger partial charge in [0.05, 0.1) is 7.11 Å². The molecule has 1 fully saturated rings. The van der Waals surface area contributed by atoms with Crippen LogP contribution >= 0.6 is 11.5 Å². The van der Waals surface area contributed by atoms with E-state index >= 15 is 0 Å². The fourth-order valence-electron chi connectivity index (χ4n) is 3.78. The second-order valence-electron chi connectivity index (χ2n) is 8.05. The molecule has 2 aromatic carbocycles. The quantitative estimate of drug-likeness (QED) is 0.530. The van der Waals surface area contributed by atoms with Crippen molar-refractivity contribution < 1.29 is 9.53 Å². The zero-order valence-corrected chi connectivity index (χ0v) is 19.9. The highest BCUT2D eigenvalue weighted by molar-refractivity contribution is 7.09. The zero-order valence-electron chi connectivity index (χ0n) is 19.1. The molecule has 33 heavy (non-hydrogen) atoms. The standard InChI is InChI=1S/C24H30N6O2S/c1-18-6-3-4-9-21(18)26-23(31)25-10-11-29-12-14-30(15-13-29)24-27-22(28-33-24)17-19-7-5-8-20(16-19)32-2/h3-9,16H,10-15,17H2,1-2H3,(H2,25,26,31). The molecule has 1 aromatic heterocycles. The lowest BCUT2D eigenvalue weighted by atomic mass is 10.1. The number of piperazine rings is 1. The maximum Gasteiger partial charge on any atom is 0.319 e. The molecule has 0 unspecified atom stereocenters. The summed E-state index contributed by atoms with van der Waals surface area (Å²) < 4.78 is 9.85. The van der Waals surface area contributed by atoms with E-state index in [9.17, 15) is 4.79 Å². The lowest BCUT2D eigenvalue weighted by Crippen LogP contribution is -2.48. The average molecular weight is 467 g/mol. The van der Waals surface area contributed by atoms with Crippen LogP contribution in [0.2, 0.25) is 0 Å². The van der Waals surface area contributed by atoms with Crippen LogP contribution in [-0.4, -0.2) is 66.7 Å². The lowest BCUT2D eigenvalue weighted by Gasteiger charge is -2.34. The van der Waals surface area contributed by atoms with E-state index in [0.717, 1.165) is 66.2 Å². The van der Waals surface area contributed by atoms with Crippen LogP contribution in [0.5, 0.6) is 5.75 Å². The molecular formula is C24H30N6O2S. The van der Waals surface area contributed by atoms with Crippen molar-refractivity contribution in [2.45, 2.75) is 13.3 Å². The topological polar surface area (TPSA) is 82.6 Å². The number of para-hydroxylation sites is 1. The highest BCUT2D eigenvalue weighted by atomic mass is 32.1. The first-order chi connectivity index (χ1) is 16.1. The maximum atomic E-state index is 12.1. The van der Waals surface area contributed by atoms with Crippen LogP contribution in [0.1, 0.15) is 17.0 Å². The molecule has 4 rings (SSSR count). The number of nitrogens with one attached hydrogen (secondary N) is 2. The van der Waals surface area contributed by atoms with Gasteiger partial charge in [-0.1, -0.05) is 30.3 Å². The zero-order chi connectivity index (χ0) is 23.0. The van der Waals surface area contributed by atoms with Crippen LogP contribution < -0.4 is 20.3 Å². The third kappa shape index (κ3) is 6.43. The second-order valence-corrected chi connectivity index (χ2v) is 8.78. The van der Waals surface area contributed by atoms with E-state index < -0.39 is 0 Å². The SMILES string of the molecule is COc1cccc(Cc2nsc(N3CCN(CCNC(=O)Nc4ccccc4C)CC3)n2)c1. The molecule has 0 spiro atoms. The van der Waals surface area contributed by atoms with Crippen molar-refractivity contribution in [1.29, 1.82) is 0 Å². The number of carbonyl (C=O) groups is 1. The van der Waals surface area contributed by atoms with Gasteiger partial charge in [0, 0.05) is 62.9 Å². The van der Waals surface area contributed by atoms with Crippen molar-refractivity contribution in [3.8, 4) is 5.75 Å². The van der Waals surface area contributed by atoms with Gasteiger partial charge in [-0.15, -0.1) is 0 Å². The third-order valence-electron chi connectivity index (χ3n) is 5.70. The number of ether oxygens (including phenoxy) is 1. The number of carbonyl (C=O) groups excluding carboxylic acids is 1. The Kier molecular flexibility index (Phi) is 7.74. The molecule has 0 radical (unpaired) electrons. The number of hydrogen-bond acceptors (Lipinski definition) is 7. The Morgan fingerprint density at radius 1 is 1.12 bits per heavy atom. The Hall–Kier alpha value is -3.17. The minimum atomic E-state index is -0.166. The molecular weight excluding hydrogens is 436 g/mol. The van der Waals surface area contributed by atoms with Crippen LogP contribution in [0, 0.1) is 6.92 Å². The lowest BCUT2D eigenvalue weighted by molar-refractivity contribution is 0.240. The minimum absolute atomic E-state index is 0.166. The number of hydrogen-bond donors (Lipinski definition) is 2. The smallest absolute Gasteiger partial charge is 0.319 e. The fourth-order valence-corrected chi connectivity index (χ4v) is 4.52. The van der Waals surface area contributed by atoms with Crippen molar-refractivity contribution >= 4 is 28.4 Å². The Morgan fingerprint density at radius 3 is 2.73 bits per heavy atom. The molecule has 0 aliphatic carbocycles. The molecule has 2 N–H and O–H groups in total. The van der Waals surface area contributed by atoms with Gasteiger partial charge >= 0.3 is 6.03 Å². The Labute approximate surface area is 198 Å². The Balaban J connectivity index is 1.18. The summed E-state index contributed by atoms with van der Waals surface area (Å²) in [6.07, 6.45) is 0.698. The maximum absolute atomic E-state index is 12.1. The highest BCUT2D eigenvalue weighted by Crippen LogP contribution is 2.21. The normalized spacial score (nSPS) is 14.2. The predicted octanol–water partition coefficient (Wildman–Crippen LogP) is 3.39. The van der Waals surface area contributed by atoms with Gasteiger partial charge in [-0.2, -0.15) is 4.37 Å². The van der Waals surface area contributed by atoms with Gasteiger partial charge in [-0.3, -0.25) is 4.90 Å². The summed E-state index contributed by atoms with van der Waals surface area (Å²) >= 11 is 1.46. The van der Waals surface area contributed by atoms with Gasteiger partial charge in [-0.25, -0.2) is 9.78 Å². The second kappa shape index (κ2) is 11.1. The Bertz CT molecular complexity index is 1060. The Morgan fingerprint density at radius 2 is 1.94 bits per heavy atom. The molecule has 0 atom stereocenters. The molecule has 3 aromatic rings. The largest absolute Gasteiger partial charge is 0.497 e. The molecule has 0 bridgehead atoms. The predicted molar refractivity (Wildman–Crippen MR) is 133 cm³/mol. The molecule has 9 heteroatoms. The number of nitrogens with zero attached hydrogens (tertiary/aromatic N) is 4. The monoisotopic (exact) mass is 466 g/mol. The number of methoxy groups -OCH3 is 1. The van der Waals surface area contributed by atoms with Gasteiger partial charge < -0.3 is 20.3 Å². The number of anilines is 2. The number of aryl methyl sites for hydroxylation is 1. The van der Waals surface area contributed by atoms with Crippen molar-refractivity contribution in [3.05, 3.63) is 65.5 Å². The average Bonchev–Trinajstić information content (AvgIpc) is 3.29. The highest BCUT2D eigenvalue weighted by Gasteiger charge is 2.20. The van der Waals surface area contributed by atoms with E-state index in [1.54, 1.807) is 7.11 Å². The van der Waals surface area contributed by atoms with E-state index in [1.165, 1.54) is 11.5 Å². The van der Waals surface area contributed by atoms with E-state index in [1.807, 2.05) is 49.4 Å². The molecule has 174 valence electrons. The van der Waals surface area contributed by atoms with Crippen molar-refractivity contribution in [3.63, 3.8) is 0 Å². The summed E-state index contributed by atoms with van der Waals surface area (Å²) in [4.78, 5) is 21.6. The van der Waals surface area contributed by atoms with Crippen LogP contribution in [0.15, 0.2) is 48.5 Å². The van der Waals surface area contributed by atoms with Crippen LogP contribution in [0.4, 0.5) is 15.6 Å². The van der Waals surface area contributed by atoms with E-state index in [2.05, 4.69) is 30.9 Å². The van der Waals surface area contributed by atoms with Gasteiger partial charge in [0.15, 0.2) is 0 Å². The number of rotatable bonds is 8. The summed E-state index contributed by atoms with van der Waals surface area (Å²) in [6.45, 7) is 7.10. The van der Waals surface area contributed by atoms with E-state index in [-0.39, 0.29) is 6.03 Å². The molecule has 1 saturated heterocycles. The molecule has 2 heterocycles. The third-order valence-corrected chi connectivity index (χ3v) is 6.52. The first kappa shape index (κ1) is 23.0. The van der Waals surface area contributed by atoms with Gasteiger partial charge in [-0.05, 0) is 36.2 Å². The molecule has 2 amide bonds. The summed E-state index contributed by atoms with van der Waals surface area (Å²) in [5.41, 5.74) is 3.03. The number of amides is 2. The van der Waals surface area contributed by atoms with Gasteiger partial charge in [0.2, 0.25) is 5.13 Å². The fraction of sp³-hybridized carbons (Fsp3) is 0.375. The summed E-state index contributed by atoms with van der Waals surface area (Å²) in [7, 11) is 1.67. The summed E-state index contributed by atoms with van der Waals surface area (Å²) in [5.74, 6) is 1.69. The first-order valence-corrected chi connectivity index (χ1v) is 11.9. The van der Waals surface area contributed by atoms with Crippen molar-refractivity contribution in [2.75, 3.05) is 56.6 Å². The van der Waals surface area contributed by atoms with Crippen LogP contribution in [0.3, 0.4) is 0 Å². The summed E-state index contributed by atoms with van der Waals surface area (Å²) in [5, 5.41) is 6.83.